The fraction of sp³-hybridized carbons (Fsp3) is 0.692. The topological polar surface area (TPSA) is 49.4 Å². The lowest BCUT2D eigenvalue weighted by Crippen LogP contribution is -2.40. The maximum atomic E-state index is 12.4. The fourth-order valence-corrected chi connectivity index (χ4v) is 4.80. The van der Waals surface area contributed by atoms with Crippen LogP contribution in [0, 0.1) is 0 Å². The van der Waals surface area contributed by atoms with Gasteiger partial charge >= 0.3 is 0 Å². The van der Waals surface area contributed by atoms with E-state index in [1.165, 1.54) is 11.3 Å². The predicted molar refractivity (Wildman–Crippen MR) is 78.9 cm³/mol. The molecule has 1 aliphatic carbocycles. The molecule has 19 heavy (non-hydrogen) atoms. The van der Waals surface area contributed by atoms with Crippen molar-refractivity contribution in [1.29, 1.82) is 0 Å². The van der Waals surface area contributed by atoms with Gasteiger partial charge in [-0.25, -0.2) is 8.42 Å². The molecule has 108 valence electrons. The van der Waals surface area contributed by atoms with Crippen LogP contribution in [0.15, 0.2) is 15.7 Å². The normalized spacial score (nSPS) is 17.1. The summed E-state index contributed by atoms with van der Waals surface area (Å²) in [5.74, 6) is 0. The summed E-state index contributed by atoms with van der Waals surface area (Å²) < 4.78 is 26.9. The van der Waals surface area contributed by atoms with Crippen molar-refractivity contribution in [3.63, 3.8) is 0 Å². The fourth-order valence-electron chi connectivity index (χ4n) is 1.99. The number of hydrogen-bond acceptors (Lipinski definition) is 4. The number of hydrogen-bond donors (Lipinski definition) is 1. The molecule has 1 aliphatic rings. The molecule has 2 rings (SSSR count). The molecule has 0 spiro atoms. The SMILES string of the molecule is CC(C)NCc1csc(S(=O)(=O)N(C)C2CCC2)c1. The Bertz CT molecular complexity index is 519. The minimum Gasteiger partial charge on any atom is -0.310 e. The van der Waals surface area contributed by atoms with Crippen LogP contribution in [-0.4, -0.2) is 31.9 Å². The molecule has 1 heterocycles. The molecule has 0 aliphatic heterocycles. The second kappa shape index (κ2) is 5.91. The van der Waals surface area contributed by atoms with E-state index in [0.717, 1.165) is 31.4 Å². The molecule has 1 fully saturated rings. The number of sulfonamides is 1. The first-order valence-corrected chi connectivity index (χ1v) is 9.02. The van der Waals surface area contributed by atoms with Crippen molar-refractivity contribution >= 4 is 21.4 Å². The van der Waals surface area contributed by atoms with Crippen LogP contribution in [0.1, 0.15) is 38.7 Å². The lowest BCUT2D eigenvalue weighted by atomic mass is 9.94. The van der Waals surface area contributed by atoms with Gasteiger partial charge in [0.1, 0.15) is 4.21 Å². The van der Waals surface area contributed by atoms with E-state index in [0.29, 0.717) is 10.3 Å². The first kappa shape index (κ1) is 15.0. The van der Waals surface area contributed by atoms with Gasteiger partial charge in [-0.2, -0.15) is 4.31 Å². The van der Waals surface area contributed by atoms with E-state index in [1.807, 2.05) is 5.38 Å². The van der Waals surface area contributed by atoms with Crippen LogP contribution in [-0.2, 0) is 16.6 Å². The summed E-state index contributed by atoms with van der Waals surface area (Å²) >= 11 is 1.32. The molecule has 0 unspecified atom stereocenters. The van der Waals surface area contributed by atoms with Crippen molar-refractivity contribution in [2.45, 2.75) is 55.9 Å². The van der Waals surface area contributed by atoms with E-state index in [4.69, 9.17) is 0 Å². The zero-order chi connectivity index (χ0) is 14.0. The van der Waals surface area contributed by atoms with Crippen LogP contribution in [0.3, 0.4) is 0 Å². The van der Waals surface area contributed by atoms with Crippen LogP contribution < -0.4 is 5.32 Å². The van der Waals surface area contributed by atoms with Gasteiger partial charge in [0.25, 0.3) is 10.0 Å². The summed E-state index contributed by atoms with van der Waals surface area (Å²) in [6.07, 6.45) is 3.12. The Balaban J connectivity index is 2.08. The van der Waals surface area contributed by atoms with Crippen LogP contribution >= 0.6 is 11.3 Å². The molecular formula is C13H22N2O2S2. The van der Waals surface area contributed by atoms with Gasteiger partial charge in [-0.3, -0.25) is 0 Å². The monoisotopic (exact) mass is 302 g/mol. The molecule has 0 aromatic carbocycles. The lowest BCUT2D eigenvalue weighted by Gasteiger charge is -2.33. The third-order valence-corrected chi connectivity index (χ3v) is 6.94. The summed E-state index contributed by atoms with van der Waals surface area (Å²) in [5, 5.41) is 5.23. The first-order chi connectivity index (χ1) is 8.91. The van der Waals surface area contributed by atoms with Crippen molar-refractivity contribution < 1.29 is 8.42 Å². The molecule has 0 radical (unpaired) electrons. The van der Waals surface area contributed by atoms with E-state index >= 15 is 0 Å². The molecule has 1 saturated carbocycles. The Morgan fingerprint density at radius 3 is 2.68 bits per heavy atom. The molecule has 0 bridgehead atoms. The van der Waals surface area contributed by atoms with Gasteiger partial charge in [0.2, 0.25) is 0 Å². The molecule has 1 aromatic heterocycles. The summed E-state index contributed by atoms with van der Waals surface area (Å²) in [5.41, 5.74) is 1.04. The third-order valence-electron chi connectivity index (χ3n) is 3.57. The summed E-state index contributed by atoms with van der Waals surface area (Å²) in [6, 6.07) is 2.40. The van der Waals surface area contributed by atoms with Crippen molar-refractivity contribution in [3.8, 4) is 0 Å². The van der Waals surface area contributed by atoms with Gasteiger partial charge < -0.3 is 5.32 Å². The number of nitrogens with zero attached hydrogens (tertiary/aromatic N) is 1. The second-order valence-electron chi connectivity index (χ2n) is 5.42. The molecule has 0 saturated heterocycles. The van der Waals surface area contributed by atoms with Crippen molar-refractivity contribution in [2.75, 3.05) is 7.05 Å². The molecule has 4 nitrogen and oxygen atoms in total. The summed E-state index contributed by atoms with van der Waals surface area (Å²) in [7, 11) is -1.59. The van der Waals surface area contributed by atoms with E-state index in [9.17, 15) is 8.42 Å². The van der Waals surface area contributed by atoms with Crippen LogP contribution in [0.4, 0.5) is 0 Å². The average molecular weight is 302 g/mol. The lowest BCUT2D eigenvalue weighted by molar-refractivity contribution is 0.250. The average Bonchev–Trinajstić information content (AvgIpc) is 2.72. The number of nitrogens with one attached hydrogen (secondary N) is 1. The third kappa shape index (κ3) is 3.37. The molecule has 6 heteroatoms. The molecule has 1 N–H and O–H groups in total. The highest BCUT2D eigenvalue weighted by Crippen LogP contribution is 2.30. The van der Waals surface area contributed by atoms with Gasteiger partial charge in [-0.05, 0) is 29.9 Å². The largest absolute Gasteiger partial charge is 0.310 e. The van der Waals surface area contributed by atoms with Gasteiger partial charge in [-0.1, -0.05) is 20.3 Å². The summed E-state index contributed by atoms with van der Waals surface area (Å²) in [4.78, 5) is 0. The first-order valence-electron chi connectivity index (χ1n) is 6.70. The van der Waals surface area contributed by atoms with E-state index in [2.05, 4.69) is 19.2 Å². The minimum absolute atomic E-state index is 0.198. The summed E-state index contributed by atoms with van der Waals surface area (Å²) in [6.45, 7) is 4.87. The predicted octanol–water partition coefficient (Wildman–Crippen LogP) is 2.42. The van der Waals surface area contributed by atoms with E-state index < -0.39 is 10.0 Å². The molecule has 0 atom stereocenters. The molecule has 1 aromatic rings. The van der Waals surface area contributed by atoms with Crippen molar-refractivity contribution in [1.82, 2.24) is 9.62 Å². The molecular weight excluding hydrogens is 280 g/mol. The standard InChI is InChI=1S/C13H22N2O2S2/c1-10(2)14-8-11-7-13(18-9-11)19(16,17)15(3)12-5-4-6-12/h7,9-10,12,14H,4-6,8H2,1-3H3. The van der Waals surface area contributed by atoms with Gasteiger partial charge in [0.15, 0.2) is 0 Å². The quantitative estimate of drug-likeness (QED) is 0.878. The van der Waals surface area contributed by atoms with Gasteiger partial charge in [0, 0.05) is 25.7 Å². The number of rotatable bonds is 6. The Morgan fingerprint density at radius 2 is 2.16 bits per heavy atom. The van der Waals surface area contributed by atoms with Crippen LogP contribution in [0.2, 0.25) is 0 Å². The van der Waals surface area contributed by atoms with Crippen LogP contribution in [0.5, 0.6) is 0 Å². The Hall–Kier alpha value is -0.430. The minimum atomic E-state index is -3.29. The maximum absolute atomic E-state index is 12.4. The zero-order valence-electron chi connectivity index (χ0n) is 11.7. The number of thiophene rings is 1. The highest BCUT2D eigenvalue weighted by atomic mass is 32.2. The molecule has 0 amide bonds. The van der Waals surface area contributed by atoms with E-state index in [1.54, 1.807) is 17.4 Å². The highest BCUT2D eigenvalue weighted by Gasteiger charge is 2.32. The maximum Gasteiger partial charge on any atom is 0.252 e. The Labute approximate surface area is 119 Å². The Kier molecular flexibility index (Phi) is 4.66. The Morgan fingerprint density at radius 1 is 1.47 bits per heavy atom. The zero-order valence-corrected chi connectivity index (χ0v) is 13.4. The smallest absolute Gasteiger partial charge is 0.252 e. The van der Waals surface area contributed by atoms with Gasteiger partial charge in [0.05, 0.1) is 0 Å². The van der Waals surface area contributed by atoms with Crippen molar-refractivity contribution in [3.05, 3.63) is 17.0 Å². The second-order valence-corrected chi connectivity index (χ2v) is 8.55. The van der Waals surface area contributed by atoms with Crippen LogP contribution in [0.25, 0.3) is 0 Å². The highest BCUT2D eigenvalue weighted by molar-refractivity contribution is 7.91. The van der Waals surface area contributed by atoms with E-state index in [-0.39, 0.29) is 6.04 Å². The van der Waals surface area contributed by atoms with Crippen molar-refractivity contribution in [2.24, 2.45) is 0 Å². The van der Waals surface area contributed by atoms with Gasteiger partial charge in [-0.15, -0.1) is 11.3 Å².